The Kier molecular flexibility index (Phi) is 18.0. The van der Waals surface area contributed by atoms with Crippen molar-refractivity contribution in [3.05, 3.63) is 25.3 Å². The Hall–Kier alpha value is 0.310. The van der Waals surface area contributed by atoms with Gasteiger partial charge in [0.05, 0.1) is 13.2 Å². The van der Waals surface area contributed by atoms with Gasteiger partial charge in [-0.05, 0) is 6.42 Å². The molecule has 0 saturated carbocycles. The Morgan fingerprint density at radius 1 is 1.38 bits per heavy atom. The first-order chi connectivity index (χ1) is 6.90. The molecule has 1 atom stereocenters. The Morgan fingerprint density at radius 3 is 1.88 bits per heavy atom. The number of ether oxygens (including phenoxy) is 1. The standard InChI is InChI=1S/C6H10O.C3H8O4S.Na.H/c1-3-5-7-6-4-2;1-2-3(4)8(5,6)7;;/h3-4H,1-2,5-6H2;3-4H,2H2,1H3,(H,5,6,7);;/q;;+1;-1. The van der Waals surface area contributed by atoms with Crippen molar-refractivity contribution < 1.29 is 53.8 Å². The molecule has 0 rings (SSSR count). The molecule has 5 nitrogen and oxygen atoms in total. The molecule has 0 amide bonds. The van der Waals surface area contributed by atoms with Crippen molar-refractivity contribution in [2.45, 2.75) is 18.8 Å². The maximum absolute atomic E-state index is 9.87. The largest absolute Gasteiger partial charge is 1.00 e. The van der Waals surface area contributed by atoms with Crippen LogP contribution in [0.25, 0.3) is 0 Å². The quantitative estimate of drug-likeness (QED) is 0.253. The monoisotopic (exact) mass is 262 g/mol. The van der Waals surface area contributed by atoms with Gasteiger partial charge in [-0.2, -0.15) is 8.42 Å². The van der Waals surface area contributed by atoms with Crippen LogP contribution in [0, 0.1) is 0 Å². The Morgan fingerprint density at radius 2 is 1.75 bits per heavy atom. The van der Waals surface area contributed by atoms with Gasteiger partial charge in [-0.25, -0.2) is 0 Å². The fraction of sp³-hybridized carbons (Fsp3) is 0.556. The average molecular weight is 262 g/mol. The molecule has 0 heterocycles. The van der Waals surface area contributed by atoms with Crippen LogP contribution in [0.3, 0.4) is 0 Å². The molecule has 1 unspecified atom stereocenters. The van der Waals surface area contributed by atoms with E-state index in [9.17, 15) is 8.42 Å². The molecular formula is C9H19NaO5S. The van der Waals surface area contributed by atoms with Gasteiger partial charge in [-0.3, -0.25) is 4.55 Å². The second-order valence-corrected chi connectivity index (χ2v) is 4.07. The molecule has 0 aliphatic heterocycles. The van der Waals surface area contributed by atoms with E-state index in [0.29, 0.717) is 13.2 Å². The van der Waals surface area contributed by atoms with Gasteiger partial charge in [0.2, 0.25) is 0 Å². The third kappa shape index (κ3) is 16.7. The molecule has 0 aliphatic carbocycles. The SMILES string of the molecule is C=CCOCC=C.CCC(O)S(=O)(=O)O.[H-].[Na+]. The summed E-state index contributed by atoms with van der Waals surface area (Å²) >= 11 is 0. The predicted octanol–water partition coefficient (Wildman–Crippen LogP) is -1.91. The second-order valence-electron chi connectivity index (χ2n) is 2.49. The summed E-state index contributed by atoms with van der Waals surface area (Å²) in [5, 5.41) is 8.36. The number of aliphatic hydroxyl groups excluding tert-OH is 1. The van der Waals surface area contributed by atoms with Crippen LogP contribution in [0.1, 0.15) is 14.8 Å². The summed E-state index contributed by atoms with van der Waals surface area (Å²) in [6, 6.07) is 0. The molecule has 0 aromatic carbocycles. The average Bonchev–Trinajstić information content (AvgIpc) is 2.17. The molecule has 2 N–H and O–H groups in total. The van der Waals surface area contributed by atoms with Crippen LogP contribution < -0.4 is 29.6 Å². The zero-order chi connectivity index (χ0) is 12.3. The van der Waals surface area contributed by atoms with Crippen molar-refractivity contribution >= 4 is 10.1 Å². The first-order valence-corrected chi connectivity index (χ1v) is 5.84. The zero-order valence-electron chi connectivity index (χ0n) is 10.8. The first kappa shape index (κ1) is 21.6. The molecule has 0 fully saturated rings. The summed E-state index contributed by atoms with van der Waals surface area (Å²) in [5.41, 5.74) is -1.62. The van der Waals surface area contributed by atoms with Gasteiger partial charge in [-0.15, -0.1) is 13.2 Å². The van der Waals surface area contributed by atoms with Gasteiger partial charge in [-0.1, -0.05) is 19.1 Å². The van der Waals surface area contributed by atoms with Crippen molar-refractivity contribution in [1.29, 1.82) is 0 Å². The van der Waals surface area contributed by atoms with Crippen molar-refractivity contribution in [3.63, 3.8) is 0 Å². The maximum Gasteiger partial charge on any atom is 1.00 e. The zero-order valence-corrected chi connectivity index (χ0v) is 12.6. The van der Waals surface area contributed by atoms with E-state index < -0.39 is 15.6 Å². The van der Waals surface area contributed by atoms with E-state index in [4.69, 9.17) is 14.4 Å². The number of hydrogen-bond donors (Lipinski definition) is 2. The molecule has 0 aliphatic rings. The van der Waals surface area contributed by atoms with Crippen molar-refractivity contribution in [2.24, 2.45) is 0 Å². The Labute approximate surface area is 121 Å². The molecule has 92 valence electrons. The van der Waals surface area contributed by atoms with Crippen LogP contribution >= 0.6 is 0 Å². The smallest absolute Gasteiger partial charge is 1.00 e. The molecule has 0 bridgehead atoms. The van der Waals surface area contributed by atoms with E-state index in [2.05, 4.69) is 13.2 Å². The van der Waals surface area contributed by atoms with Gasteiger partial charge in [0.15, 0.2) is 5.44 Å². The molecule has 0 spiro atoms. The minimum atomic E-state index is -4.20. The summed E-state index contributed by atoms with van der Waals surface area (Å²) in [4.78, 5) is 0. The first-order valence-electron chi connectivity index (χ1n) is 4.34. The van der Waals surface area contributed by atoms with Crippen LogP contribution in [0.4, 0.5) is 0 Å². The van der Waals surface area contributed by atoms with Gasteiger partial charge >= 0.3 is 29.6 Å². The van der Waals surface area contributed by atoms with Gasteiger partial charge in [0.25, 0.3) is 10.1 Å². The minimum Gasteiger partial charge on any atom is -1.00 e. The maximum atomic E-state index is 9.87. The molecule has 16 heavy (non-hydrogen) atoms. The third-order valence-corrected chi connectivity index (χ3v) is 2.19. The summed E-state index contributed by atoms with van der Waals surface area (Å²) in [7, 11) is -4.20. The van der Waals surface area contributed by atoms with Crippen LogP contribution in [-0.4, -0.2) is 36.7 Å². The van der Waals surface area contributed by atoms with Crippen molar-refractivity contribution in [3.8, 4) is 0 Å². The molecule has 7 heteroatoms. The van der Waals surface area contributed by atoms with Crippen LogP contribution in [0.15, 0.2) is 25.3 Å². The predicted molar refractivity (Wildman–Crippen MR) is 60.2 cm³/mol. The van der Waals surface area contributed by atoms with Crippen molar-refractivity contribution in [2.75, 3.05) is 13.2 Å². The van der Waals surface area contributed by atoms with E-state index in [1.54, 1.807) is 12.2 Å². The van der Waals surface area contributed by atoms with Gasteiger partial charge in [0.1, 0.15) is 0 Å². The molecule has 0 radical (unpaired) electrons. The Balaban J connectivity index is -0.0000000896. The third-order valence-electron chi connectivity index (χ3n) is 1.16. The van der Waals surface area contributed by atoms with E-state index in [0.717, 1.165) is 0 Å². The summed E-state index contributed by atoms with van der Waals surface area (Å²) in [6.07, 6.45) is 3.44. The number of aliphatic hydroxyl groups is 1. The normalized spacial score (nSPS) is 11.4. The van der Waals surface area contributed by atoms with E-state index in [1.165, 1.54) is 6.92 Å². The Bertz CT molecular complexity index is 261. The molecule has 0 aromatic heterocycles. The summed E-state index contributed by atoms with van der Waals surface area (Å²) in [5.74, 6) is 0. The second kappa shape index (κ2) is 13.4. The van der Waals surface area contributed by atoms with Crippen LogP contribution in [-0.2, 0) is 14.9 Å². The van der Waals surface area contributed by atoms with Crippen LogP contribution in [0.5, 0.6) is 0 Å². The number of rotatable bonds is 6. The fourth-order valence-corrected chi connectivity index (χ4v) is 0.867. The summed E-state index contributed by atoms with van der Waals surface area (Å²) < 4.78 is 32.6. The fourth-order valence-electron chi connectivity index (χ4n) is 0.445. The molecular weight excluding hydrogens is 243 g/mol. The van der Waals surface area contributed by atoms with Crippen molar-refractivity contribution in [1.82, 2.24) is 0 Å². The van der Waals surface area contributed by atoms with Gasteiger partial charge < -0.3 is 11.3 Å². The minimum absolute atomic E-state index is 0. The molecule has 0 aromatic rings. The summed E-state index contributed by atoms with van der Waals surface area (Å²) in [6.45, 7) is 9.64. The topological polar surface area (TPSA) is 83.8 Å². The van der Waals surface area contributed by atoms with Crippen LogP contribution in [0.2, 0.25) is 0 Å². The number of hydrogen-bond acceptors (Lipinski definition) is 4. The molecule has 0 saturated heterocycles. The van der Waals surface area contributed by atoms with E-state index in [1.807, 2.05) is 0 Å². The van der Waals surface area contributed by atoms with Gasteiger partial charge in [0, 0.05) is 0 Å². The van der Waals surface area contributed by atoms with E-state index >= 15 is 0 Å². The van der Waals surface area contributed by atoms with E-state index in [-0.39, 0.29) is 37.4 Å².